The van der Waals surface area contributed by atoms with E-state index in [4.69, 9.17) is 4.74 Å². The summed E-state index contributed by atoms with van der Waals surface area (Å²) in [4.78, 5) is 14.3. The van der Waals surface area contributed by atoms with Gasteiger partial charge in [0.15, 0.2) is 0 Å². The van der Waals surface area contributed by atoms with Crippen LogP contribution in [0.5, 0.6) is 0 Å². The Morgan fingerprint density at radius 1 is 1.56 bits per heavy atom. The van der Waals surface area contributed by atoms with Gasteiger partial charge >= 0.3 is 0 Å². The minimum atomic E-state index is 0.211. The molecule has 1 N–H and O–H groups in total. The summed E-state index contributed by atoms with van der Waals surface area (Å²) in [5.74, 6) is 2.81. The van der Waals surface area contributed by atoms with Crippen LogP contribution < -0.4 is 5.32 Å². The molecule has 2 aliphatic heterocycles. The van der Waals surface area contributed by atoms with Crippen LogP contribution in [0.3, 0.4) is 0 Å². The molecule has 5 heteroatoms. The molecule has 4 nitrogen and oxygen atoms in total. The van der Waals surface area contributed by atoms with Crippen molar-refractivity contribution in [3.05, 3.63) is 0 Å². The monoisotopic (exact) mass is 244 g/mol. The van der Waals surface area contributed by atoms with Crippen LogP contribution in [0.15, 0.2) is 0 Å². The van der Waals surface area contributed by atoms with Gasteiger partial charge in [-0.2, -0.15) is 11.8 Å². The quantitative estimate of drug-likeness (QED) is 0.749. The highest BCUT2D eigenvalue weighted by Crippen LogP contribution is 2.24. The highest BCUT2D eigenvalue weighted by atomic mass is 32.2. The molecule has 1 atom stereocenters. The average Bonchev–Trinajstić information content (AvgIpc) is 2.69. The molecule has 1 amide bonds. The van der Waals surface area contributed by atoms with E-state index in [1.165, 1.54) is 5.75 Å². The van der Waals surface area contributed by atoms with Crippen molar-refractivity contribution < 1.29 is 9.53 Å². The number of carbonyl (C=O) groups is 1. The lowest BCUT2D eigenvalue weighted by Gasteiger charge is -2.35. The summed E-state index contributed by atoms with van der Waals surface area (Å²) in [7, 11) is 1.69. The minimum absolute atomic E-state index is 0.211. The second-order valence-corrected chi connectivity index (χ2v) is 5.55. The maximum Gasteiger partial charge on any atom is 0.228 e. The molecular weight excluding hydrogens is 224 g/mol. The van der Waals surface area contributed by atoms with Gasteiger partial charge in [0, 0.05) is 38.5 Å². The average molecular weight is 244 g/mol. The number of hydrogen-bond acceptors (Lipinski definition) is 4. The van der Waals surface area contributed by atoms with Crippen molar-refractivity contribution in [2.24, 2.45) is 5.92 Å². The smallest absolute Gasteiger partial charge is 0.228 e. The van der Waals surface area contributed by atoms with Crippen molar-refractivity contribution in [2.45, 2.75) is 12.5 Å². The van der Waals surface area contributed by atoms with Crippen LogP contribution in [0.25, 0.3) is 0 Å². The van der Waals surface area contributed by atoms with Crippen LogP contribution in [-0.4, -0.2) is 61.7 Å². The molecule has 0 aromatic rings. The normalized spacial score (nSPS) is 25.4. The van der Waals surface area contributed by atoms with Gasteiger partial charge in [-0.15, -0.1) is 0 Å². The Morgan fingerprint density at radius 2 is 2.38 bits per heavy atom. The molecule has 0 bridgehead atoms. The molecule has 0 aromatic heterocycles. The maximum absolute atomic E-state index is 12.2. The second kappa shape index (κ2) is 5.89. The van der Waals surface area contributed by atoms with Crippen LogP contribution in [0.4, 0.5) is 0 Å². The number of nitrogens with one attached hydrogen (secondary N) is 1. The first-order valence-corrected chi connectivity index (χ1v) is 7.06. The molecule has 2 saturated heterocycles. The fourth-order valence-corrected chi connectivity index (χ4v) is 3.35. The highest BCUT2D eigenvalue weighted by Gasteiger charge is 2.33. The number of carbonyl (C=O) groups excluding carboxylic acids is 1. The summed E-state index contributed by atoms with van der Waals surface area (Å²) in [6.45, 7) is 3.09. The van der Waals surface area contributed by atoms with E-state index >= 15 is 0 Å². The molecule has 0 saturated carbocycles. The van der Waals surface area contributed by atoms with Gasteiger partial charge in [-0.1, -0.05) is 0 Å². The minimum Gasteiger partial charge on any atom is -0.383 e. The first-order chi connectivity index (χ1) is 7.83. The summed E-state index contributed by atoms with van der Waals surface area (Å²) in [6.07, 6.45) is 1.14. The standard InChI is InChI=1S/C11H20N2O2S/c1-15-4-3-13(10-2-5-16-8-10)11(14)9-6-12-7-9/h9-10,12H,2-8H2,1H3. The van der Waals surface area contributed by atoms with E-state index in [0.717, 1.165) is 31.8 Å². The van der Waals surface area contributed by atoms with Gasteiger partial charge in [0.05, 0.1) is 12.5 Å². The fraction of sp³-hybridized carbons (Fsp3) is 0.909. The van der Waals surface area contributed by atoms with Gasteiger partial charge in [-0.05, 0) is 12.2 Å². The number of amides is 1. The van der Waals surface area contributed by atoms with E-state index in [1.54, 1.807) is 7.11 Å². The third-order valence-electron chi connectivity index (χ3n) is 3.30. The van der Waals surface area contributed by atoms with Gasteiger partial charge in [-0.3, -0.25) is 4.79 Å². The Bertz CT molecular complexity index is 240. The van der Waals surface area contributed by atoms with E-state index in [2.05, 4.69) is 10.2 Å². The molecule has 0 aliphatic carbocycles. The van der Waals surface area contributed by atoms with Gasteiger partial charge < -0.3 is 15.0 Å². The van der Waals surface area contributed by atoms with E-state index in [0.29, 0.717) is 18.6 Å². The zero-order valence-corrected chi connectivity index (χ0v) is 10.6. The summed E-state index contributed by atoms with van der Waals surface area (Å²) < 4.78 is 5.10. The number of nitrogens with zero attached hydrogens (tertiary/aromatic N) is 1. The molecule has 16 heavy (non-hydrogen) atoms. The molecule has 2 fully saturated rings. The number of methoxy groups -OCH3 is 1. The molecular formula is C11H20N2O2S. The predicted octanol–water partition coefficient (Wildman–Crippen LogP) is 0.186. The van der Waals surface area contributed by atoms with Crippen molar-refractivity contribution >= 4 is 17.7 Å². The summed E-state index contributed by atoms with van der Waals surface area (Å²) in [5, 5.41) is 3.16. The van der Waals surface area contributed by atoms with Crippen LogP contribution in [0.2, 0.25) is 0 Å². The first kappa shape index (κ1) is 12.2. The van der Waals surface area contributed by atoms with Gasteiger partial charge in [0.1, 0.15) is 0 Å². The summed E-state index contributed by atoms with van der Waals surface area (Å²) in [5.41, 5.74) is 0. The van der Waals surface area contributed by atoms with Gasteiger partial charge in [-0.25, -0.2) is 0 Å². The van der Waals surface area contributed by atoms with Gasteiger partial charge in [0.25, 0.3) is 0 Å². The predicted molar refractivity (Wildman–Crippen MR) is 65.7 cm³/mol. The summed E-state index contributed by atoms with van der Waals surface area (Å²) in [6, 6.07) is 0.438. The Morgan fingerprint density at radius 3 is 2.88 bits per heavy atom. The van der Waals surface area contributed by atoms with Crippen molar-refractivity contribution in [3.63, 3.8) is 0 Å². The Hall–Kier alpha value is -0.260. The van der Waals surface area contributed by atoms with E-state index < -0.39 is 0 Å². The second-order valence-electron chi connectivity index (χ2n) is 4.40. The number of hydrogen-bond donors (Lipinski definition) is 1. The zero-order valence-electron chi connectivity index (χ0n) is 9.78. The third kappa shape index (κ3) is 2.70. The Labute approximate surface area is 101 Å². The van der Waals surface area contributed by atoms with Crippen LogP contribution in [-0.2, 0) is 9.53 Å². The summed E-state index contributed by atoms with van der Waals surface area (Å²) >= 11 is 1.95. The molecule has 0 aromatic carbocycles. The third-order valence-corrected chi connectivity index (χ3v) is 4.44. The van der Waals surface area contributed by atoms with Crippen LogP contribution in [0, 0.1) is 5.92 Å². The van der Waals surface area contributed by atoms with Crippen molar-refractivity contribution in [1.29, 1.82) is 0 Å². The highest BCUT2D eigenvalue weighted by molar-refractivity contribution is 7.99. The van der Waals surface area contributed by atoms with Crippen molar-refractivity contribution in [3.8, 4) is 0 Å². The number of rotatable bonds is 5. The lowest BCUT2D eigenvalue weighted by molar-refractivity contribution is -0.139. The molecule has 2 heterocycles. The Balaban J connectivity index is 1.91. The first-order valence-electron chi connectivity index (χ1n) is 5.91. The van der Waals surface area contributed by atoms with E-state index in [-0.39, 0.29) is 5.92 Å². The molecule has 2 rings (SSSR count). The number of thioether (sulfide) groups is 1. The lowest BCUT2D eigenvalue weighted by Crippen LogP contribution is -2.55. The Kier molecular flexibility index (Phi) is 4.49. The lowest BCUT2D eigenvalue weighted by atomic mass is 10.0. The molecule has 2 aliphatic rings. The topological polar surface area (TPSA) is 41.6 Å². The fourth-order valence-electron chi connectivity index (χ4n) is 2.13. The van der Waals surface area contributed by atoms with Crippen LogP contribution >= 0.6 is 11.8 Å². The molecule has 1 unspecified atom stereocenters. The number of ether oxygens (including phenoxy) is 1. The maximum atomic E-state index is 12.2. The van der Waals surface area contributed by atoms with Crippen LogP contribution in [0.1, 0.15) is 6.42 Å². The zero-order chi connectivity index (χ0) is 11.4. The van der Waals surface area contributed by atoms with Gasteiger partial charge in [0.2, 0.25) is 5.91 Å². The largest absolute Gasteiger partial charge is 0.383 e. The molecule has 0 spiro atoms. The molecule has 0 radical (unpaired) electrons. The molecule has 92 valence electrons. The SMILES string of the molecule is COCCN(C(=O)C1CNC1)C1CCSC1. The van der Waals surface area contributed by atoms with E-state index in [1.807, 2.05) is 11.8 Å². The van der Waals surface area contributed by atoms with Crippen molar-refractivity contribution in [2.75, 3.05) is 44.9 Å². The van der Waals surface area contributed by atoms with Crippen molar-refractivity contribution in [1.82, 2.24) is 10.2 Å². The van der Waals surface area contributed by atoms with E-state index in [9.17, 15) is 4.79 Å².